The molecule has 0 aromatic carbocycles. The van der Waals surface area contributed by atoms with Gasteiger partial charge in [0.1, 0.15) is 0 Å². The molecule has 1 aliphatic heterocycles. The van der Waals surface area contributed by atoms with Gasteiger partial charge in [-0.2, -0.15) is 0 Å². The summed E-state index contributed by atoms with van der Waals surface area (Å²) in [6, 6.07) is 0. The zero-order valence-electron chi connectivity index (χ0n) is 4.97. The first kappa shape index (κ1) is 6.14. The molecule has 0 radical (unpaired) electrons. The fraction of sp³-hybridized carbons (Fsp3) is 0.833. The SMILES string of the molecule is C1=NCCCCCS1. The third-order valence-corrected chi connectivity index (χ3v) is 2.02. The minimum absolute atomic E-state index is 1.05. The van der Waals surface area contributed by atoms with Crippen LogP contribution in [0, 0.1) is 0 Å². The van der Waals surface area contributed by atoms with Crippen molar-refractivity contribution in [2.75, 3.05) is 12.3 Å². The maximum Gasteiger partial charge on any atom is 0.0541 e. The molecule has 0 saturated heterocycles. The lowest BCUT2D eigenvalue weighted by Gasteiger charge is -1.99. The summed E-state index contributed by atoms with van der Waals surface area (Å²) in [5.74, 6) is 1.27. The highest BCUT2D eigenvalue weighted by Crippen LogP contribution is 2.06. The van der Waals surface area contributed by atoms with Crippen LogP contribution < -0.4 is 0 Å². The van der Waals surface area contributed by atoms with Gasteiger partial charge in [0.25, 0.3) is 0 Å². The van der Waals surface area contributed by atoms with E-state index in [0.717, 1.165) is 6.54 Å². The van der Waals surface area contributed by atoms with Crippen LogP contribution in [0.4, 0.5) is 0 Å². The van der Waals surface area contributed by atoms with Gasteiger partial charge < -0.3 is 0 Å². The first-order valence-corrected chi connectivity index (χ1v) is 4.15. The van der Waals surface area contributed by atoms with E-state index in [1.165, 1.54) is 25.0 Å². The van der Waals surface area contributed by atoms with Crippen molar-refractivity contribution in [3.8, 4) is 0 Å². The molecule has 0 N–H and O–H groups in total. The second-order valence-corrected chi connectivity index (χ2v) is 2.90. The standard InChI is InChI=1S/C6H11NS/c1-2-4-7-6-8-5-3-1/h6H,1-5H2. The van der Waals surface area contributed by atoms with Crippen molar-refractivity contribution < 1.29 is 0 Å². The molecule has 1 nitrogen and oxygen atoms in total. The number of hydrogen-bond acceptors (Lipinski definition) is 2. The van der Waals surface area contributed by atoms with Gasteiger partial charge in [-0.25, -0.2) is 0 Å². The van der Waals surface area contributed by atoms with Gasteiger partial charge in [-0.1, -0.05) is 6.42 Å². The Labute approximate surface area is 54.6 Å². The maximum absolute atomic E-state index is 4.17. The molecule has 8 heavy (non-hydrogen) atoms. The molecule has 1 heterocycles. The Bertz CT molecular complexity index is 70.6. The smallest absolute Gasteiger partial charge is 0.0541 e. The molecule has 1 aliphatic rings. The third-order valence-electron chi connectivity index (χ3n) is 1.20. The molecule has 0 fully saturated rings. The summed E-state index contributed by atoms with van der Waals surface area (Å²) < 4.78 is 0. The fourth-order valence-corrected chi connectivity index (χ4v) is 1.41. The average molecular weight is 129 g/mol. The fourth-order valence-electron chi connectivity index (χ4n) is 0.723. The largest absolute Gasteiger partial charge is 0.286 e. The average Bonchev–Trinajstić information content (AvgIpc) is 1.62. The minimum atomic E-state index is 1.05. The lowest BCUT2D eigenvalue weighted by molar-refractivity contribution is 0.733. The van der Waals surface area contributed by atoms with Gasteiger partial charge in [0.2, 0.25) is 0 Å². The first-order chi connectivity index (χ1) is 4.00. The monoisotopic (exact) mass is 129 g/mol. The molecular weight excluding hydrogens is 118 g/mol. The molecule has 46 valence electrons. The van der Waals surface area contributed by atoms with Crippen LogP contribution in [-0.2, 0) is 0 Å². The normalized spacial score (nSPS) is 22.0. The van der Waals surface area contributed by atoms with Crippen LogP contribution in [0.2, 0.25) is 0 Å². The van der Waals surface area contributed by atoms with Crippen molar-refractivity contribution >= 4 is 17.3 Å². The van der Waals surface area contributed by atoms with Crippen LogP contribution >= 0.6 is 11.8 Å². The Hall–Kier alpha value is 0.0200. The highest BCUT2D eigenvalue weighted by Gasteiger charge is 1.90. The van der Waals surface area contributed by atoms with Crippen LogP contribution in [0.1, 0.15) is 19.3 Å². The number of nitrogens with zero attached hydrogens (tertiary/aromatic N) is 1. The predicted octanol–water partition coefficient (Wildman–Crippen LogP) is 1.93. The van der Waals surface area contributed by atoms with E-state index >= 15 is 0 Å². The lowest BCUT2D eigenvalue weighted by atomic mass is 10.2. The van der Waals surface area contributed by atoms with Crippen LogP contribution in [0.25, 0.3) is 0 Å². The first-order valence-electron chi connectivity index (χ1n) is 3.10. The van der Waals surface area contributed by atoms with Gasteiger partial charge >= 0.3 is 0 Å². The van der Waals surface area contributed by atoms with E-state index in [0.29, 0.717) is 0 Å². The molecule has 1 rings (SSSR count). The summed E-state index contributed by atoms with van der Waals surface area (Å²) in [5.41, 5.74) is 1.99. The second-order valence-electron chi connectivity index (χ2n) is 1.94. The summed E-state index contributed by atoms with van der Waals surface area (Å²) in [5, 5.41) is 0. The number of rotatable bonds is 0. The van der Waals surface area contributed by atoms with Gasteiger partial charge in [0.05, 0.1) is 5.55 Å². The summed E-state index contributed by atoms with van der Waals surface area (Å²) >= 11 is 1.84. The lowest BCUT2D eigenvalue weighted by Crippen LogP contribution is -1.88. The zero-order valence-corrected chi connectivity index (χ0v) is 5.78. The molecule has 2 heteroatoms. The molecule has 0 bridgehead atoms. The van der Waals surface area contributed by atoms with Crippen molar-refractivity contribution in [3.63, 3.8) is 0 Å². The Morgan fingerprint density at radius 1 is 1.25 bits per heavy atom. The Morgan fingerprint density at radius 3 is 3.25 bits per heavy atom. The molecule has 0 spiro atoms. The van der Waals surface area contributed by atoms with Gasteiger partial charge in [-0.3, -0.25) is 4.99 Å². The van der Waals surface area contributed by atoms with Crippen molar-refractivity contribution in [1.82, 2.24) is 0 Å². The predicted molar refractivity (Wildman–Crippen MR) is 39.7 cm³/mol. The summed E-state index contributed by atoms with van der Waals surface area (Å²) in [6.07, 6.45) is 4.03. The van der Waals surface area contributed by atoms with Crippen LogP contribution in [-0.4, -0.2) is 17.8 Å². The molecular formula is C6H11NS. The highest BCUT2D eigenvalue weighted by atomic mass is 32.2. The van der Waals surface area contributed by atoms with Gasteiger partial charge in [-0.15, -0.1) is 11.8 Å². The van der Waals surface area contributed by atoms with Crippen molar-refractivity contribution in [2.45, 2.75) is 19.3 Å². The molecule has 0 unspecified atom stereocenters. The van der Waals surface area contributed by atoms with Crippen LogP contribution in [0.5, 0.6) is 0 Å². The van der Waals surface area contributed by atoms with Gasteiger partial charge in [-0.05, 0) is 18.6 Å². The van der Waals surface area contributed by atoms with E-state index in [4.69, 9.17) is 0 Å². The van der Waals surface area contributed by atoms with Gasteiger partial charge in [0.15, 0.2) is 0 Å². The van der Waals surface area contributed by atoms with Crippen molar-refractivity contribution in [1.29, 1.82) is 0 Å². The van der Waals surface area contributed by atoms with Crippen LogP contribution in [0.3, 0.4) is 0 Å². The maximum atomic E-state index is 4.17. The van der Waals surface area contributed by atoms with Crippen molar-refractivity contribution in [3.05, 3.63) is 0 Å². The molecule has 0 aromatic rings. The van der Waals surface area contributed by atoms with E-state index in [1.807, 2.05) is 17.3 Å². The highest BCUT2D eigenvalue weighted by molar-refractivity contribution is 8.12. The Balaban J connectivity index is 2.17. The third kappa shape index (κ3) is 2.36. The zero-order chi connectivity index (χ0) is 5.66. The summed E-state index contributed by atoms with van der Waals surface area (Å²) in [7, 11) is 0. The van der Waals surface area contributed by atoms with Crippen LogP contribution in [0.15, 0.2) is 4.99 Å². The van der Waals surface area contributed by atoms with E-state index < -0.39 is 0 Å². The van der Waals surface area contributed by atoms with E-state index in [-0.39, 0.29) is 0 Å². The van der Waals surface area contributed by atoms with E-state index in [2.05, 4.69) is 4.99 Å². The van der Waals surface area contributed by atoms with E-state index in [1.54, 1.807) is 0 Å². The topological polar surface area (TPSA) is 12.4 Å². The van der Waals surface area contributed by atoms with E-state index in [9.17, 15) is 0 Å². The summed E-state index contributed by atoms with van der Waals surface area (Å²) in [6.45, 7) is 1.05. The Morgan fingerprint density at radius 2 is 2.25 bits per heavy atom. The minimum Gasteiger partial charge on any atom is -0.286 e. The molecule has 0 atom stereocenters. The second kappa shape index (κ2) is 3.96. The van der Waals surface area contributed by atoms with Crippen molar-refractivity contribution in [2.24, 2.45) is 4.99 Å². The summed E-state index contributed by atoms with van der Waals surface area (Å²) in [4.78, 5) is 4.17. The molecule has 0 saturated carbocycles. The van der Waals surface area contributed by atoms with Gasteiger partial charge in [0, 0.05) is 6.54 Å². The number of hydrogen-bond donors (Lipinski definition) is 0. The Kier molecular flexibility index (Phi) is 3.04. The number of aliphatic imine (C=N–C) groups is 1. The number of thioether (sulfide) groups is 1. The molecule has 0 amide bonds. The molecule has 0 aliphatic carbocycles. The quantitative estimate of drug-likeness (QED) is 0.487. The molecule has 0 aromatic heterocycles.